The van der Waals surface area contributed by atoms with E-state index in [-0.39, 0.29) is 11.9 Å². The largest absolute Gasteiger partial charge is 0.489 e. The Hall–Kier alpha value is -1.82. The third-order valence-corrected chi connectivity index (χ3v) is 3.07. The van der Waals surface area contributed by atoms with Crippen LogP contribution in [0, 0.1) is 0 Å². The van der Waals surface area contributed by atoms with Crippen molar-refractivity contribution in [3.63, 3.8) is 0 Å². The van der Waals surface area contributed by atoms with Crippen LogP contribution in [0.3, 0.4) is 0 Å². The number of rotatable bonds is 3. The first-order valence-electron chi connectivity index (χ1n) is 5.98. The number of hydrogen-bond acceptors (Lipinski definition) is 5. The Balaban J connectivity index is 1.94. The predicted molar refractivity (Wildman–Crippen MR) is 67.9 cm³/mol. The number of nitrogens with two attached hydrogens (primary N) is 1. The Labute approximate surface area is 106 Å². The van der Waals surface area contributed by atoms with E-state index in [9.17, 15) is 0 Å². The van der Waals surface area contributed by atoms with Gasteiger partial charge in [-0.1, -0.05) is 5.16 Å². The molecular weight excluding hydrogens is 232 g/mol. The van der Waals surface area contributed by atoms with Crippen LogP contribution in [0.25, 0.3) is 0 Å². The van der Waals surface area contributed by atoms with Crippen molar-refractivity contribution in [3.8, 4) is 5.75 Å². The highest BCUT2D eigenvalue weighted by molar-refractivity contribution is 5.95. The summed E-state index contributed by atoms with van der Waals surface area (Å²) in [5, 5.41) is 11.4. The predicted octanol–water partition coefficient (Wildman–Crippen LogP) is 0.649. The molecule has 1 aliphatic heterocycles. The quantitative estimate of drug-likeness (QED) is 0.356. The lowest BCUT2D eigenvalue weighted by molar-refractivity contribution is 0.114. The van der Waals surface area contributed by atoms with Crippen molar-refractivity contribution >= 4 is 5.84 Å². The van der Waals surface area contributed by atoms with Crippen LogP contribution >= 0.6 is 0 Å². The van der Waals surface area contributed by atoms with Gasteiger partial charge in [-0.3, -0.25) is 0 Å². The summed E-state index contributed by atoms with van der Waals surface area (Å²) in [5.74, 6) is 0.722. The van der Waals surface area contributed by atoms with Crippen LogP contribution < -0.4 is 10.5 Å². The number of piperidine rings is 1. The molecule has 1 aromatic rings. The van der Waals surface area contributed by atoms with Gasteiger partial charge in [0.1, 0.15) is 17.5 Å². The van der Waals surface area contributed by atoms with Gasteiger partial charge in [0, 0.05) is 13.1 Å². The van der Waals surface area contributed by atoms with Crippen molar-refractivity contribution in [1.82, 2.24) is 9.88 Å². The van der Waals surface area contributed by atoms with E-state index in [1.54, 1.807) is 18.3 Å². The van der Waals surface area contributed by atoms with E-state index in [0.29, 0.717) is 5.69 Å². The van der Waals surface area contributed by atoms with Gasteiger partial charge in [0.15, 0.2) is 5.84 Å². The summed E-state index contributed by atoms with van der Waals surface area (Å²) in [5.41, 5.74) is 5.87. The lowest BCUT2D eigenvalue weighted by atomic mass is 10.1. The number of oxime groups is 1. The van der Waals surface area contributed by atoms with Gasteiger partial charge in [-0.05, 0) is 32.0 Å². The fourth-order valence-electron chi connectivity index (χ4n) is 1.95. The molecule has 1 aromatic heterocycles. The fourth-order valence-corrected chi connectivity index (χ4v) is 1.95. The maximum absolute atomic E-state index is 8.53. The number of hydrogen-bond donors (Lipinski definition) is 2. The second-order valence-electron chi connectivity index (χ2n) is 4.48. The molecule has 1 aliphatic rings. The molecular formula is C12H18N4O2. The van der Waals surface area contributed by atoms with Crippen LogP contribution in [-0.4, -0.2) is 47.2 Å². The Morgan fingerprint density at radius 3 is 2.78 bits per heavy atom. The highest BCUT2D eigenvalue weighted by Crippen LogP contribution is 2.17. The molecule has 6 nitrogen and oxygen atoms in total. The summed E-state index contributed by atoms with van der Waals surface area (Å²) >= 11 is 0. The molecule has 18 heavy (non-hydrogen) atoms. The summed E-state index contributed by atoms with van der Waals surface area (Å²) in [7, 11) is 2.11. The van der Waals surface area contributed by atoms with Gasteiger partial charge in [-0.25, -0.2) is 4.98 Å². The van der Waals surface area contributed by atoms with E-state index in [1.165, 1.54) is 0 Å². The van der Waals surface area contributed by atoms with E-state index >= 15 is 0 Å². The van der Waals surface area contributed by atoms with Crippen molar-refractivity contribution in [2.24, 2.45) is 10.9 Å². The molecule has 2 rings (SSSR count). The number of pyridine rings is 1. The Bertz CT molecular complexity index is 411. The summed E-state index contributed by atoms with van der Waals surface area (Å²) in [6.45, 7) is 2.11. The lowest BCUT2D eigenvalue weighted by Crippen LogP contribution is -2.35. The lowest BCUT2D eigenvalue weighted by Gasteiger charge is -2.29. The maximum atomic E-state index is 8.53. The molecule has 1 saturated heterocycles. The summed E-state index contributed by atoms with van der Waals surface area (Å²) in [4.78, 5) is 6.37. The first kappa shape index (κ1) is 12.6. The molecule has 98 valence electrons. The summed E-state index contributed by atoms with van der Waals surface area (Å²) < 4.78 is 5.84. The van der Waals surface area contributed by atoms with Crippen molar-refractivity contribution in [2.45, 2.75) is 18.9 Å². The normalized spacial score (nSPS) is 18.8. The number of aromatic nitrogens is 1. The monoisotopic (exact) mass is 250 g/mol. The number of amidine groups is 1. The molecule has 2 heterocycles. The minimum absolute atomic E-state index is 0.000779. The average Bonchev–Trinajstić information content (AvgIpc) is 2.41. The van der Waals surface area contributed by atoms with Crippen LogP contribution in [0.15, 0.2) is 23.5 Å². The van der Waals surface area contributed by atoms with Crippen molar-refractivity contribution in [3.05, 3.63) is 24.0 Å². The molecule has 0 spiro atoms. The zero-order chi connectivity index (χ0) is 13.0. The maximum Gasteiger partial charge on any atom is 0.188 e. The van der Waals surface area contributed by atoms with Gasteiger partial charge in [0.05, 0.1) is 6.20 Å². The topological polar surface area (TPSA) is 84.0 Å². The van der Waals surface area contributed by atoms with Gasteiger partial charge >= 0.3 is 0 Å². The number of likely N-dealkylation sites (tertiary alicyclic amines) is 1. The third kappa shape index (κ3) is 3.10. The van der Waals surface area contributed by atoms with Crippen molar-refractivity contribution in [1.29, 1.82) is 0 Å². The van der Waals surface area contributed by atoms with Gasteiger partial charge in [-0.15, -0.1) is 0 Å². The second-order valence-corrected chi connectivity index (χ2v) is 4.48. The van der Waals surface area contributed by atoms with Gasteiger partial charge < -0.3 is 20.6 Å². The van der Waals surface area contributed by atoms with Crippen LogP contribution in [-0.2, 0) is 0 Å². The SMILES string of the molecule is CN1CCC(Oc2ccc(/C(N)=N/O)nc2)CC1. The molecule has 0 bridgehead atoms. The Morgan fingerprint density at radius 2 is 2.22 bits per heavy atom. The van der Waals surface area contributed by atoms with E-state index in [4.69, 9.17) is 15.7 Å². The molecule has 0 saturated carbocycles. The van der Waals surface area contributed by atoms with E-state index < -0.39 is 0 Å². The van der Waals surface area contributed by atoms with Crippen LogP contribution in [0.2, 0.25) is 0 Å². The minimum Gasteiger partial charge on any atom is -0.489 e. The molecule has 0 atom stereocenters. The number of nitrogens with zero attached hydrogens (tertiary/aromatic N) is 3. The zero-order valence-corrected chi connectivity index (χ0v) is 10.4. The number of ether oxygens (including phenoxy) is 1. The molecule has 0 unspecified atom stereocenters. The fraction of sp³-hybridized carbons (Fsp3) is 0.500. The Morgan fingerprint density at radius 1 is 1.50 bits per heavy atom. The Kier molecular flexibility index (Phi) is 3.99. The van der Waals surface area contributed by atoms with E-state index in [1.807, 2.05) is 0 Å². The highest BCUT2D eigenvalue weighted by atomic mass is 16.5. The standard InChI is InChI=1S/C12H18N4O2/c1-16-6-4-9(5-7-16)18-10-2-3-11(14-8-10)12(13)15-17/h2-3,8-9,17H,4-7H2,1H3,(H2,13,15). The van der Waals surface area contributed by atoms with E-state index in [2.05, 4.69) is 22.1 Å². The molecule has 0 radical (unpaired) electrons. The van der Waals surface area contributed by atoms with Gasteiger partial charge in [0.25, 0.3) is 0 Å². The van der Waals surface area contributed by atoms with Crippen molar-refractivity contribution in [2.75, 3.05) is 20.1 Å². The third-order valence-electron chi connectivity index (χ3n) is 3.07. The van der Waals surface area contributed by atoms with Crippen LogP contribution in [0.1, 0.15) is 18.5 Å². The minimum atomic E-state index is 0.000779. The van der Waals surface area contributed by atoms with Crippen molar-refractivity contribution < 1.29 is 9.94 Å². The highest BCUT2D eigenvalue weighted by Gasteiger charge is 2.18. The van der Waals surface area contributed by atoms with E-state index in [0.717, 1.165) is 31.7 Å². The molecule has 0 aliphatic carbocycles. The molecule has 0 aromatic carbocycles. The molecule has 0 amide bonds. The zero-order valence-electron chi connectivity index (χ0n) is 10.4. The van der Waals surface area contributed by atoms with Crippen LogP contribution in [0.4, 0.5) is 0 Å². The van der Waals surface area contributed by atoms with Crippen LogP contribution in [0.5, 0.6) is 5.75 Å². The first-order valence-corrected chi connectivity index (χ1v) is 5.98. The second kappa shape index (κ2) is 5.68. The van der Waals surface area contributed by atoms with Gasteiger partial charge in [-0.2, -0.15) is 0 Å². The van der Waals surface area contributed by atoms with Gasteiger partial charge in [0.2, 0.25) is 0 Å². The molecule has 6 heteroatoms. The summed E-state index contributed by atoms with van der Waals surface area (Å²) in [6, 6.07) is 3.47. The molecule has 3 N–H and O–H groups in total. The first-order chi connectivity index (χ1) is 8.69. The smallest absolute Gasteiger partial charge is 0.188 e. The summed E-state index contributed by atoms with van der Waals surface area (Å²) in [6.07, 6.45) is 3.90. The average molecular weight is 250 g/mol. The molecule has 1 fully saturated rings.